The van der Waals surface area contributed by atoms with Crippen LogP contribution in [-0.4, -0.2) is 19.6 Å². The van der Waals surface area contributed by atoms with Gasteiger partial charge in [0.15, 0.2) is 0 Å². The number of benzene rings is 1. The van der Waals surface area contributed by atoms with Gasteiger partial charge in [-0.05, 0) is 36.5 Å². The maximum Gasteiger partial charge on any atom is 0.241 e. The Bertz CT molecular complexity index is 540. The van der Waals surface area contributed by atoms with Gasteiger partial charge in [-0.15, -0.1) is 0 Å². The second-order valence-electron chi connectivity index (χ2n) is 5.25. The maximum absolute atomic E-state index is 12.5. The highest BCUT2D eigenvalue weighted by molar-refractivity contribution is 7.89. The summed E-state index contributed by atoms with van der Waals surface area (Å²) in [5, 5.41) is 9.18. The largest absolute Gasteiger partial charge is 0.392 e. The summed E-state index contributed by atoms with van der Waals surface area (Å²) in [7, 11) is -3.55. The number of aryl methyl sites for hydroxylation is 1. The van der Waals surface area contributed by atoms with Crippen molar-refractivity contribution in [3.05, 3.63) is 29.3 Å². The molecule has 2 unspecified atom stereocenters. The van der Waals surface area contributed by atoms with Crippen LogP contribution >= 0.6 is 0 Å². The fraction of sp³-hybridized carbons (Fsp3) is 0.600. The van der Waals surface area contributed by atoms with Crippen LogP contribution in [0.2, 0.25) is 0 Å². The van der Waals surface area contributed by atoms with Crippen LogP contribution in [0.15, 0.2) is 23.1 Å². The van der Waals surface area contributed by atoms with Crippen LogP contribution in [0.3, 0.4) is 0 Å². The molecule has 0 aromatic heterocycles. The second-order valence-corrected chi connectivity index (χ2v) is 6.93. The van der Waals surface area contributed by atoms with E-state index in [1.54, 1.807) is 18.2 Å². The van der Waals surface area contributed by atoms with E-state index in [4.69, 9.17) is 0 Å². The van der Waals surface area contributed by atoms with Gasteiger partial charge in [-0.25, -0.2) is 13.1 Å². The van der Waals surface area contributed by atoms with Crippen LogP contribution in [0, 0.1) is 5.92 Å². The lowest BCUT2D eigenvalue weighted by Crippen LogP contribution is -2.37. The minimum Gasteiger partial charge on any atom is -0.392 e. The van der Waals surface area contributed by atoms with E-state index in [1.807, 2.05) is 27.7 Å². The van der Waals surface area contributed by atoms with Crippen molar-refractivity contribution in [1.82, 2.24) is 4.72 Å². The molecule has 1 rings (SSSR count). The standard InChI is InChI=1S/C15H25NO3S/c1-5-11(3)12(4)16-20(18,19)15-9-13(10-17)7-8-14(15)6-2/h7-9,11-12,16-17H,5-6,10H2,1-4H3. The summed E-state index contributed by atoms with van der Waals surface area (Å²) in [6.07, 6.45) is 1.56. The summed E-state index contributed by atoms with van der Waals surface area (Å²) >= 11 is 0. The molecule has 2 N–H and O–H groups in total. The molecule has 0 saturated carbocycles. The average Bonchev–Trinajstić information content (AvgIpc) is 2.44. The van der Waals surface area contributed by atoms with Crippen molar-refractivity contribution in [3.8, 4) is 0 Å². The van der Waals surface area contributed by atoms with E-state index in [0.717, 1.165) is 12.0 Å². The van der Waals surface area contributed by atoms with Gasteiger partial charge in [-0.2, -0.15) is 0 Å². The lowest BCUT2D eigenvalue weighted by atomic mass is 10.0. The average molecular weight is 299 g/mol. The number of sulfonamides is 1. The van der Waals surface area contributed by atoms with Crippen LogP contribution in [0.4, 0.5) is 0 Å². The molecule has 114 valence electrons. The lowest BCUT2D eigenvalue weighted by molar-refractivity contribution is 0.281. The van der Waals surface area contributed by atoms with E-state index in [0.29, 0.717) is 12.0 Å². The first-order valence-corrected chi connectivity index (χ1v) is 8.59. The SMILES string of the molecule is CCc1ccc(CO)cc1S(=O)(=O)NC(C)C(C)CC. The number of nitrogens with one attached hydrogen (secondary N) is 1. The molecule has 1 aromatic rings. The molecule has 0 amide bonds. The van der Waals surface area contributed by atoms with Crippen LogP contribution in [0.1, 0.15) is 45.2 Å². The monoisotopic (exact) mass is 299 g/mol. The summed E-state index contributed by atoms with van der Waals surface area (Å²) < 4.78 is 27.8. The first-order valence-electron chi connectivity index (χ1n) is 7.10. The van der Waals surface area contributed by atoms with E-state index in [9.17, 15) is 13.5 Å². The Hall–Kier alpha value is -0.910. The number of hydrogen-bond donors (Lipinski definition) is 2. The second kappa shape index (κ2) is 7.20. The van der Waals surface area contributed by atoms with E-state index in [-0.39, 0.29) is 23.5 Å². The van der Waals surface area contributed by atoms with Gasteiger partial charge in [0, 0.05) is 6.04 Å². The van der Waals surface area contributed by atoms with Gasteiger partial charge < -0.3 is 5.11 Å². The molecule has 0 spiro atoms. The summed E-state index contributed by atoms with van der Waals surface area (Å²) in [5.41, 5.74) is 1.38. The molecule has 0 radical (unpaired) electrons. The topological polar surface area (TPSA) is 66.4 Å². The van der Waals surface area contributed by atoms with Gasteiger partial charge in [0.05, 0.1) is 11.5 Å². The Labute approximate surface area is 122 Å². The minimum absolute atomic E-state index is 0.118. The van der Waals surface area contributed by atoms with Crippen molar-refractivity contribution in [2.24, 2.45) is 5.92 Å². The molecule has 0 saturated heterocycles. The number of aliphatic hydroxyl groups excluding tert-OH is 1. The Morgan fingerprint density at radius 2 is 1.90 bits per heavy atom. The molecule has 20 heavy (non-hydrogen) atoms. The van der Waals surface area contributed by atoms with Gasteiger partial charge in [0.2, 0.25) is 10.0 Å². The summed E-state index contributed by atoms with van der Waals surface area (Å²) in [6.45, 7) is 7.71. The lowest BCUT2D eigenvalue weighted by Gasteiger charge is -2.21. The molecule has 0 aliphatic heterocycles. The first-order chi connectivity index (χ1) is 9.35. The van der Waals surface area contributed by atoms with Crippen LogP contribution in [0.25, 0.3) is 0 Å². The Balaban J connectivity index is 3.14. The normalized spacial score (nSPS) is 15.1. The highest BCUT2D eigenvalue weighted by Crippen LogP contribution is 2.20. The number of rotatable bonds is 7. The Kier molecular flexibility index (Phi) is 6.17. The van der Waals surface area contributed by atoms with Crippen molar-refractivity contribution < 1.29 is 13.5 Å². The summed E-state index contributed by atoms with van der Waals surface area (Å²) in [5.74, 6) is 0.274. The Morgan fingerprint density at radius 1 is 1.25 bits per heavy atom. The summed E-state index contributed by atoms with van der Waals surface area (Å²) in [4.78, 5) is 0.279. The van der Waals surface area contributed by atoms with Crippen molar-refractivity contribution in [2.45, 2.75) is 58.1 Å². The van der Waals surface area contributed by atoms with Gasteiger partial charge in [0.1, 0.15) is 0 Å². The molecular weight excluding hydrogens is 274 g/mol. The number of hydrogen-bond acceptors (Lipinski definition) is 3. The zero-order valence-corrected chi connectivity index (χ0v) is 13.5. The third-order valence-corrected chi connectivity index (χ3v) is 5.46. The smallest absolute Gasteiger partial charge is 0.241 e. The van der Waals surface area contributed by atoms with Crippen molar-refractivity contribution in [1.29, 1.82) is 0 Å². The predicted octanol–water partition coefficient (Wildman–Crippen LogP) is 2.45. The van der Waals surface area contributed by atoms with Crippen molar-refractivity contribution >= 4 is 10.0 Å². The molecule has 4 nitrogen and oxygen atoms in total. The fourth-order valence-electron chi connectivity index (χ4n) is 2.02. The van der Waals surface area contributed by atoms with Crippen molar-refractivity contribution in [2.75, 3.05) is 0 Å². The van der Waals surface area contributed by atoms with Gasteiger partial charge in [-0.1, -0.05) is 39.3 Å². The Morgan fingerprint density at radius 3 is 2.40 bits per heavy atom. The molecular formula is C15H25NO3S. The zero-order valence-electron chi connectivity index (χ0n) is 12.7. The highest BCUT2D eigenvalue weighted by Gasteiger charge is 2.22. The van der Waals surface area contributed by atoms with Crippen LogP contribution < -0.4 is 4.72 Å². The fourth-order valence-corrected chi connectivity index (χ4v) is 3.73. The molecule has 5 heteroatoms. The molecule has 0 bridgehead atoms. The van der Waals surface area contributed by atoms with E-state index >= 15 is 0 Å². The maximum atomic E-state index is 12.5. The highest BCUT2D eigenvalue weighted by atomic mass is 32.2. The van der Waals surface area contributed by atoms with E-state index in [1.165, 1.54) is 0 Å². The van der Waals surface area contributed by atoms with Gasteiger partial charge in [-0.3, -0.25) is 0 Å². The quantitative estimate of drug-likeness (QED) is 0.812. The summed E-state index contributed by atoms with van der Waals surface area (Å²) in [6, 6.07) is 4.97. The third kappa shape index (κ3) is 4.04. The van der Waals surface area contributed by atoms with Gasteiger partial charge in [0.25, 0.3) is 0 Å². The van der Waals surface area contributed by atoms with Crippen molar-refractivity contribution in [3.63, 3.8) is 0 Å². The van der Waals surface area contributed by atoms with E-state index < -0.39 is 10.0 Å². The van der Waals surface area contributed by atoms with Crippen LogP contribution in [-0.2, 0) is 23.1 Å². The number of aliphatic hydroxyl groups is 1. The first kappa shape index (κ1) is 17.1. The van der Waals surface area contributed by atoms with Crippen LogP contribution in [0.5, 0.6) is 0 Å². The molecule has 0 heterocycles. The molecule has 0 aliphatic carbocycles. The molecule has 1 aromatic carbocycles. The molecule has 0 fully saturated rings. The predicted molar refractivity (Wildman–Crippen MR) is 81.0 cm³/mol. The van der Waals surface area contributed by atoms with Gasteiger partial charge >= 0.3 is 0 Å². The van der Waals surface area contributed by atoms with E-state index in [2.05, 4.69) is 4.72 Å². The molecule has 0 aliphatic rings. The third-order valence-electron chi connectivity index (χ3n) is 3.82. The zero-order chi connectivity index (χ0) is 15.3. The minimum atomic E-state index is -3.55. The molecule has 2 atom stereocenters.